The average Bonchev–Trinajstić information content (AvgIpc) is 2.57. The van der Waals surface area contributed by atoms with Crippen LogP contribution in [0.4, 0.5) is 0 Å². The highest BCUT2D eigenvalue weighted by atomic mass is 32.2. The maximum atomic E-state index is 11.6. The van der Waals surface area contributed by atoms with Gasteiger partial charge in [-0.25, -0.2) is 0 Å². The molecule has 0 fully saturated rings. The molecule has 23 heavy (non-hydrogen) atoms. The third-order valence-corrected chi connectivity index (χ3v) is 5.03. The third-order valence-electron chi connectivity index (χ3n) is 3.74. The number of rotatable bonds is 5. The Morgan fingerprint density at radius 1 is 1.09 bits per heavy atom. The molecule has 0 unspecified atom stereocenters. The average molecular weight is 334 g/mol. The van der Waals surface area contributed by atoms with E-state index in [-0.39, 0.29) is 4.90 Å². The Morgan fingerprint density at radius 2 is 1.78 bits per heavy atom. The zero-order valence-corrected chi connectivity index (χ0v) is 14.5. The van der Waals surface area contributed by atoms with Crippen LogP contribution in [0.25, 0.3) is 0 Å². The lowest BCUT2D eigenvalue weighted by Crippen LogP contribution is -2.08. The summed E-state index contributed by atoms with van der Waals surface area (Å²) in [5.74, 6) is 1.48. The van der Waals surface area contributed by atoms with Crippen LogP contribution in [-0.2, 0) is 14.3 Å². The normalized spacial score (nSPS) is 18.0. The van der Waals surface area contributed by atoms with Gasteiger partial charge >= 0.3 is 0 Å². The highest BCUT2D eigenvalue weighted by molar-refractivity contribution is 7.86. The van der Waals surface area contributed by atoms with E-state index in [1.54, 1.807) is 12.1 Å². The van der Waals surface area contributed by atoms with Crippen LogP contribution in [0.15, 0.2) is 64.3 Å². The molecule has 2 rings (SSSR count). The molecule has 1 aliphatic rings. The van der Waals surface area contributed by atoms with Gasteiger partial charge in [-0.3, -0.25) is 4.18 Å². The predicted molar refractivity (Wildman–Crippen MR) is 90.7 cm³/mol. The molecule has 4 nitrogen and oxygen atoms in total. The molecule has 0 saturated carbocycles. The number of hydrogen-bond donors (Lipinski definition) is 0. The van der Waals surface area contributed by atoms with E-state index in [2.05, 4.69) is 16.3 Å². The Bertz CT molecular complexity index is 738. The van der Waals surface area contributed by atoms with Crippen LogP contribution >= 0.6 is 0 Å². The van der Waals surface area contributed by atoms with E-state index in [9.17, 15) is 8.42 Å². The summed E-state index contributed by atoms with van der Waals surface area (Å²) in [6, 6.07) is 6.27. The molecule has 0 aromatic heterocycles. The molecule has 1 aliphatic carbocycles. The van der Waals surface area contributed by atoms with Crippen LogP contribution in [0.5, 0.6) is 5.75 Å². The number of benzene rings is 1. The van der Waals surface area contributed by atoms with Crippen molar-refractivity contribution in [2.24, 2.45) is 0 Å². The summed E-state index contributed by atoms with van der Waals surface area (Å²) >= 11 is 0. The van der Waals surface area contributed by atoms with Gasteiger partial charge in [0.2, 0.25) is 0 Å². The molecule has 0 spiro atoms. The van der Waals surface area contributed by atoms with Gasteiger partial charge in [0.25, 0.3) is 10.1 Å². The summed E-state index contributed by atoms with van der Waals surface area (Å²) in [5, 5.41) is 0. The summed E-state index contributed by atoms with van der Waals surface area (Å²) in [6.07, 6.45) is 9.22. The molecule has 124 valence electrons. The lowest BCUT2D eigenvalue weighted by molar-refractivity contribution is 0.397. The predicted octanol–water partition coefficient (Wildman–Crippen LogP) is 4.36. The third kappa shape index (κ3) is 4.12. The molecule has 0 saturated heterocycles. The van der Waals surface area contributed by atoms with Crippen molar-refractivity contribution in [1.29, 1.82) is 0 Å². The van der Waals surface area contributed by atoms with Gasteiger partial charge in [-0.2, -0.15) is 8.42 Å². The van der Waals surface area contributed by atoms with Crippen LogP contribution < -0.4 is 4.74 Å². The van der Waals surface area contributed by atoms with Gasteiger partial charge in [-0.15, -0.1) is 0 Å². The second-order valence-corrected chi connectivity index (χ2v) is 6.93. The molecule has 1 aromatic carbocycles. The van der Waals surface area contributed by atoms with Gasteiger partial charge in [-0.05, 0) is 68.5 Å². The van der Waals surface area contributed by atoms with Crippen LogP contribution in [0.1, 0.15) is 33.1 Å². The van der Waals surface area contributed by atoms with E-state index < -0.39 is 10.1 Å². The largest absolute Gasteiger partial charge is 0.457 e. The topological polar surface area (TPSA) is 52.6 Å². The Hall–Kier alpha value is -1.85. The molecule has 5 heteroatoms. The molecule has 0 amide bonds. The van der Waals surface area contributed by atoms with Gasteiger partial charge < -0.3 is 4.74 Å². The van der Waals surface area contributed by atoms with E-state index >= 15 is 0 Å². The van der Waals surface area contributed by atoms with E-state index in [1.807, 2.05) is 19.9 Å². The zero-order valence-electron chi connectivity index (χ0n) is 13.7. The fourth-order valence-electron chi connectivity index (χ4n) is 2.56. The molecular weight excluding hydrogens is 312 g/mol. The summed E-state index contributed by atoms with van der Waals surface area (Å²) in [7, 11) is -2.53. The summed E-state index contributed by atoms with van der Waals surface area (Å²) in [6.45, 7) is 3.99. The molecule has 0 bridgehead atoms. The van der Waals surface area contributed by atoms with Crippen molar-refractivity contribution < 1.29 is 17.3 Å². The molecular formula is C18H22O4S. The van der Waals surface area contributed by atoms with Crippen LogP contribution in [-0.4, -0.2) is 15.5 Å². The molecule has 0 N–H and O–H groups in total. The summed E-state index contributed by atoms with van der Waals surface area (Å²) in [4.78, 5) is 0.116. The monoisotopic (exact) mass is 334 g/mol. The molecule has 0 aliphatic heterocycles. The SMILES string of the molecule is C/C=C/C1=C(Oc2ccc(S(=O)(=O)OC)cc2)C(=C/C)/CCC1. The Morgan fingerprint density at radius 3 is 2.35 bits per heavy atom. The van der Waals surface area contributed by atoms with E-state index in [4.69, 9.17) is 4.74 Å². The molecule has 1 aromatic rings. The highest BCUT2D eigenvalue weighted by Gasteiger charge is 2.18. The van der Waals surface area contributed by atoms with Crippen molar-refractivity contribution >= 4 is 10.1 Å². The minimum atomic E-state index is -3.67. The number of allylic oxidation sites excluding steroid dienone is 5. The van der Waals surface area contributed by atoms with E-state index in [0.29, 0.717) is 5.75 Å². The van der Waals surface area contributed by atoms with Crippen molar-refractivity contribution in [2.75, 3.05) is 7.11 Å². The fraction of sp³-hybridized carbons (Fsp3) is 0.333. The van der Waals surface area contributed by atoms with Gasteiger partial charge in [-0.1, -0.05) is 18.2 Å². The highest BCUT2D eigenvalue weighted by Crippen LogP contribution is 2.32. The maximum Gasteiger partial charge on any atom is 0.296 e. The van der Waals surface area contributed by atoms with Gasteiger partial charge in [0.15, 0.2) is 0 Å². The van der Waals surface area contributed by atoms with E-state index in [1.165, 1.54) is 23.3 Å². The van der Waals surface area contributed by atoms with Gasteiger partial charge in [0, 0.05) is 0 Å². The standard InChI is InChI=1S/C18H22O4S/c1-4-7-15-9-6-8-14(5-2)18(15)22-16-10-12-17(13-11-16)23(19,20)21-3/h4-5,7,10-13H,6,8-9H2,1-3H3/b7-4+,14-5+. The lowest BCUT2D eigenvalue weighted by atomic mass is 9.92. The number of hydrogen-bond acceptors (Lipinski definition) is 4. The molecule has 0 radical (unpaired) electrons. The van der Waals surface area contributed by atoms with Crippen molar-refractivity contribution in [3.8, 4) is 5.75 Å². The fourth-order valence-corrected chi connectivity index (χ4v) is 3.22. The van der Waals surface area contributed by atoms with Crippen LogP contribution in [0.2, 0.25) is 0 Å². The second kappa shape index (κ2) is 7.62. The van der Waals surface area contributed by atoms with Gasteiger partial charge in [0.05, 0.1) is 12.0 Å². The Balaban J connectivity index is 2.32. The zero-order chi connectivity index (χ0) is 16.9. The summed E-state index contributed by atoms with van der Waals surface area (Å²) < 4.78 is 33.8. The summed E-state index contributed by atoms with van der Waals surface area (Å²) in [5.41, 5.74) is 2.35. The minimum Gasteiger partial charge on any atom is -0.457 e. The quantitative estimate of drug-likeness (QED) is 0.751. The first-order valence-electron chi connectivity index (χ1n) is 7.61. The molecule has 0 atom stereocenters. The smallest absolute Gasteiger partial charge is 0.296 e. The Kier molecular flexibility index (Phi) is 5.80. The second-order valence-electron chi connectivity index (χ2n) is 5.22. The van der Waals surface area contributed by atoms with Crippen molar-refractivity contribution in [2.45, 2.75) is 38.0 Å². The van der Waals surface area contributed by atoms with Crippen molar-refractivity contribution in [3.05, 3.63) is 59.4 Å². The van der Waals surface area contributed by atoms with Crippen LogP contribution in [0, 0.1) is 0 Å². The maximum absolute atomic E-state index is 11.6. The van der Waals surface area contributed by atoms with E-state index in [0.717, 1.165) is 32.1 Å². The minimum absolute atomic E-state index is 0.116. The lowest BCUT2D eigenvalue weighted by Gasteiger charge is -2.22. The molecule has 0 heterocycles. The van der Waals surface area contributed by atoms with Gasteiger partial charge in [0.1, 0.15) is 11.5 Å². The van der Waals surface area contributed by atoms with Crippen LogP contribution in [0.3, 0.4) is 0 Å². The first kappa shape index (κ1) is 17.5. The van der Waals surface area contributed by atoms with Crippen molar-refractivity contribution in [1.82, 2.24) is 0 Å². The first-order chi connectivity index (χ1) is 11.0. The Labute approximate surface area is 138 Å². The number of ether oxygens (including phenoxy) is 1. The van der Waals surface area contributed by atoms with Crippen molar-refractivity contribution in [3.63, 3.8) is 0 Å². The first-order valence-corrected chi connectivity index (χ1v) is 9.02.